The van der Waals surface area contributed by atoms with Gasteiger partial charge in [0, 0.05) is 6.04 Å². The van der Waals surface area contributed by atoms with Crippen LogP contribution in [0.5, 0.6) is 0 Å². The molecule has 0 aliphatic carbocycles. The van der Waals surface area contributed by atoms with Gasteiger partial charge in [0.15, 0.2) is 0 Å². The third kappa shape index (κ3) is 3.56. The normalized spacial score (nSPS) is 21.9. The summed E-state index contributed by atoms with van der Waals surface area (Å²) in [5.41, 5.74) is 1.03. The van der Waals surface area contributed by atoms with E-state index in [1.54, 1.807) is 0 Å². The third-order valence-corrected chi connectivity index (χ3v) is 4.06. The second-order valence-electron chi connectivity index (χ2n) is 5.40. The zero-order chi connectivity index (χ0) is 12.8. The standard InChI is InChI=1S/C16H25NO/c1-14(16(18)15-10-6-5-7-11-15)17-12-8-3-2-4-9-13-17/h5-7,10-11,14,16,18H,2-4,8-9,12-13H2,1H3. The van der Waals surface area contributed by atoms with Gasteiger partial charge in [0.05, 0.1) is 6.10 Å². The molecular weight excluding hydrogens is 222 g/mol. The van der Waals surface area contributed by atoms with E-state index in [2.05, 4.69) is 11.8 Å². The van der Waals surface area contributed by atoms with Crippen molar-refractivity contribution in [2.75, 3.05) is 13.1 Å². The number of aliphatic hydroxyl groups is 1. The van der Waals surface area contributed by atoms with Crippen molar-refractivity contribution in [1.82, 2.24) is 4.90 Å². The van der Waals surface area contributed by atoms with Gasteiger partial charge in [-0.05, 0) is 38.4 Å². The fourth-order valence-corrected chi connectivity index (χ4v) is 2.81. The highest BCUT2D eigenvalue weighted by atomic mass is 16.3. The van der Waals surface area contributed by atoms with Crippen LogP contribution in [0.1, 0.15) is 50.7 Å². The Bertz CT molecular complexity index is 330. The lowest BCUT2D eigenvalue weighted by molar-refractivity contribution is 0.0532. The fourth-order valence-electron chi connectivity index (χ4n) is 2.81. The molecule has 1 heterocycles. The molecule has 2 heteroatoms. The number of hydrogen-bond acceptors (Lipinski definition) is 2. The van der Waals surface area contributed by atoms with E-state index in [-0.39, 0.29) is 12.1 Å². The van der Waals surface area contributed by atoms with Gasteiger partial charge in [-0.1, -0.05) is 49.6 Å². The molecule has 100 valence electrons. The van der Waals surface area contributed by atoms with Crippen molar-refractivity contribution < 1.29 is 5.11 Å². The minimum atomic E-state index is -0.370. The Morgan fingerprint density at radius 1 is 0.944 bits per heavy atom. The summed E-state index contributed by atoms with van der Waals surface area (Å²) in [6, 6.07) is 10.2. The zero-order valence-electron chi connectivity index (χ0n) is 11.4. The maximum Gasteiger partial charge on any atom is 0.0942 e. The van der Waals surface area contributed by atoms with Crippen LogP contribution in [-0.2, 0) is 0 Å². The molecule has 2 atom stereocenters. The van der Waals surface area contributed by atoms with Crippen molar-refractivity contribution in [3.8, 4) is 0 Å². The van der Waals surface area contributed by atoms with Crippen molar-refractivity contribution in [2.45, 2.75) is 51.2 Å². The molecule has 0 radical (unpaired) electrons. The van der Waals surface area contributed by atoms with E-state index in [1.165, 1.54) is 32.1 Å². The Balaban J connectivity index is 1.98. The fraction of sp³-hybridized carbons (Fsp3) is 0.625. The average Bonchev–Trinajstić information content (AvgIpc) is 2.38. The Labute approximate surface area is 111 Å². The van der Waals surface area contributed by atoms with Gasteiger partial charge in [0.25, 0.3) is 0 Å². The third-order valence-electron chi connectivity index (χ3n) is 4.06. The number of likely N-dealkylation sites (tertiary alicyclic amines) is 1. The predicted octanol–water partition coefficient (Wildman–Crippen LogP) is 3.37. The minimum absolute atomic E-state index is 0.213. The molecule has 0 saturated carbocycles. The van der Waals surface area contributed by atoms with E-state index < -0.39 is 0 Å². The van der Waals surface area contributed by atoms with Crippen LogP contribution < -0.4 is 0 Å². The lowest BCUT2D eigenvalue weighted by Gasteiger charge is -2.33. The molecule has 1 aromatic carbocycles. The Hall–Kier alpha value is -0.860. The minimum Gasteiger partial charge on any atom is -0.387 e. The van der Waals surface area contributed by atoms with Crippen LogP contribution >= 0.6 is 0 Å². The SMILES string of the molecule is CC(C(O)c1ccccc1)N1CCCCCCC1. The topological polar surface area (TPSA) is 23.5 Å². The van der Waals surface area contributed by atoms with Crippen molar-refractivity contribution >= 4 is 0 Å². The van der Waals surface area contributed by atoms with Crippen LogP contribution in [0.2, 0.25) is 0 Å². The molecule has 18 heavy (non-hydrogen) atoms. The monoisotopic (exact) mass is 247 g/mol. The van der Waals surface area contributed by atoms with Gasteiger partial charge in [0.2, 0.25) is 0 Å². The van der Waals surface area contributed by atoms with Gasteiger partial charge >= 0.3 is 0 Å². The number of hydrogen-bond donors (Lipinski definition) is 1. The van der Waals surface area contributed by atoms with Crippen molar-refractivity contribution in [3.05, 3.63) is 35.9 Å². The summed E-state index contributed by atoms with van der Waals surface area (Å²) in [6.07, 6.45) is 6.22. The molecule has 0 aromatic heterocycles. The quantitative estimate of drug-likeness (QED) is 0.885. The van der Waals surface area contributed by atoms with Gasteiger partial charge in [0.1, 0.15) is 0 Å². The second kappa shape index (κ2) is 6.91. The van der Waals surface area contributed by atoms with Crippen LogP contribution in [0.3, 0.4) is 0 Å². The molecule has 2 nitrogen and oxygen atoms in total. The molecule has 1 aromatic rings. The Morgan fingerprint density at radius 2 is 1.50 bits per heavy atom. The number of nitrogens with zero attached hydrogens (tertiary/aromatic N) is 1. The van der Waals surface area contributed by atoms with Crippen molar-refractivity contribution in [2.24, 2.45) is 0 Å². The number of benzene rings is 1. The second-order valence-corrected chi connectivity index (χ2v) is 5.40. The van der Waals surface area contributed by atoms with Gasteiger partial charge < -0.3 is 5.11 Å². The lowest BCUT2D eigenvalue weighted by Crippen LogP contribution is -2.39. The largest absolute Gasteiger partial charge is 0.387 e. The molecule has 1 fully saturated rings. The van der Waals surface area contributed by atoms with Gasteiger partial charge in [-0.2, -0.15) is 0 Å². The van der Waals surface area contributed by atoms with E-state index in [0.29, 0.717) is 0 Å². The molecule has 0 amide bonds. The summed E-state index contributed by atoms with van der Waals surface area (Å²) in [5.74, 6) is 0. The molecule has 1 saturated heterocycles. The van der Waals surface area contributed by atoms with Gasteiger partial charge in [-0.25, -0.2) is 0 Å². The molecule has 0 spiro atoms. The highest BCUT2D eigenvalue weighted by molar-refractivity contribution is 5.18. The highest BCUT2D eigenvalue weighted by Crippen LogP contribution is 2.22. The summed E-state index contributed by atoms with van der Waals surface area (Å²) in [4.78, 5) is 2.46. The molecule has 1 N–H and O–H groups in total. The summed E-state index contributed by atoms with van der Waals surface area (Å²) in [5, 5.41) is 10.5. The maximum absolute atomic E-state index is 10.5. The van der Waals surface area contributed by atoms with Crippen LogP contribution in [0.25, 0.3) is 0 Å². The molecule has 2 rings (SSSR count). The van der Waals surface area contributed by atoms with Gasteiger partial charge in [-0.15, -0.1) is 0 Å². The predicted molar refractivity (Wildman–Crippen MR) is 75.5 cm³/mol. The van der Waals surface area contributed by atoms with Crippen LogP contribution in [0.15, 0.2) is 30.3 Å². The first-order valence-corrected chi connectivity index (χ1v) is 7.26. The van der Waals surface area contributed by atoms with E-state index in [4.69, 9.17) is 0 Å². The summed E-state index contributed by atoms with van der Waals surface area (Å²) in [6.45, 7) is 4.41. The molecule has 2 unspecified atom stereocenters. The van der Waals surface area contributed by atoms with E-state index in [9.17, 15) is 5.11 Å². The van der Waals surface area contributed by atoms with E-state index in [1.807, 2.05) is 30.3 Å². The first kappa shape index (κ1) is 13.6. The molecule has 1 aliphatic heterocycles. The van der Waals surface area contributed by atoms with E-state index >= 15 is 0 Å². The molecule has 1 aliphatic rings. The number of rotatable bonds is 3. The zero-order valence-corrected chi connectivity index (χ0v) is 11.4. The summed E-state index contributed by atoms with van der Waals surface area (Å²) >= 11 is 0. The van der Waals surface area contributed by atoms with Gasteiger partial charge in [-0.3, -0.25) is 4.90 Å². The summed E-state index contributed by atoms with van der Waals surface area (Å²) in [7, 11) is 0. The number of aliphatic hydroxyl groups excluding tert-OH is 1. The smallest absolute Gasteiger partial charge is 0.0942 e. The first-order valence-electron chi connectivity index (χ1n) is 7.26. The molecule has 0 bridgehead atoms. The van der Waals surface area contributed by atoms with Crippen LogP contribution in [0.4, 0.5) is 0 Å². The van der Waals surface area contributed by atoms with E-state index in [0.717, 1.165) is 18.7 Å². The van der Waals surface area contributed by atoms with Crippen LogP contribution in [0, 0.1) is 0 Å². The summed E-state index contributed by atoms with van der Waals surface area (Å²) < 4.78 is 0. The van der Waals surface area contributed by atoms with Crippen molar-refractivity contribution in [1.29, 1.82) is 0 Å². The lowest BCUT2D eigenvalue weighted by atomic mass is 10.00. The first-order chi connectivity index (χ1) is 8.79. The maximum atomic E-state index is 10.5. The van der Waals surface area contributed by atoms with Crippen LogP contribution in [-0.4, -0.2) is 29.1 Å². The Kier molecular flexibility index (Phi) is 5.21. The Morgan fingerprint density at radius 3 is 2.11 bits per heavy atom. The highest BCUT2D eigenvalue weighted by Gasteiger charge is 2.22. The molecular formula is C16H25NO. The van der Waals surface area contributed by atoms with Crippen molar-refractivity contribution in [3.63, 3.8) is 0 Å². The average molecular weight is 247 g/mol.